The predicted molar refractivity (Wildman–Crippen MR) is 107 cm³/mol. The van der Waals surface area contributed by atoms with Crippen LogP contribution in [0, 0.1) is 13.8 Å². The molecule has 1 amide bonds. The summed E-state index contributed by atoms with van der Waals surface area (Å²) in [6.07, 6.45) is 3.44. The molecule has 1 aromatic carbocycles. The van der Waals surface area contributed by atoms with Crippen LogP contribution in [0.2, 0.25) is 0 Å². The maximum atomic E-state index is 13.1. The van der Waals surface area contributed by atoms with E-state index in [0.717, 1.165) is 35.8 Å². The number of rotatable bonds is 3. The molecule has 0 unspecified atom stereocenters. The number of carbonyl (C=O) groups is 1. The smallest absolute Gasteiger partial charge is 0.276 e. The lowest BCUT2D eigenvalue weighted by Gasteiger charge is -2.25. The maximum Gasteiger partial charge on any atom is 0.276 e. The normalized spacial score (nSPS) is 14.4. The van der Waals surface area contributed by atoms with E-state index in [0.29, 0.717) is 11.4 Å². The molecule has 3 aromatic rings. The van der Waals surface area contributed by atoms with Crippen LogP contribution in [0.4, 0.5) is 0 Å². The SMILES string of the molecule is Cc1ccc(-n2nnc(C(=O)N3CCSCC3)c2-c2ccncc2)cc1C. The molecule has 1 fully saturated rings. The van der Waals surface area contributed by atoms with Crippen molar-refractivity contribution >= 4 is 17.7 Å². The van der Waals surface area contributed by atoms with Gasteiger partial charge in [-0.05, 0) is 49.2 Å². The average molecular weight is 379 g/mol. The second-order valence-corrected chi connectivity index (χ2v) is 7.83. The van der Waals surface area contributed by atoms with Gasteiger partial charge in [0.2, 0.25) is 0 Å². The standard InChI is InChI=1S/C20H21N5OS/c1-14-3-4-17(13-15(14)2)25-19(16-5-7-21-8-6-16)18(22-23-25)20(26)24-9-11-27-12-10-24/h3-8,13H,9-12H2,1-2H3. The number of hydrogen-bond acceptors (Lipinski definition) is 5. The van der Waals surface area contributed by atoms with Gasteiger partial charge < -0.3 is 4.90 Å². The van der Waals surface area contributed by atoms with Crippen LogP contribution >= 0.6 is 11.8 Å². The minimum absolute atomic E-state index is 0.0582. The highest BCUT2D eigenvalue weighted by atomic mass is 32.2. The zero-order valence-corrected chi connectivity index (χ0v) is 16.2. The van der Waals surface area contributed by atoms with Crippen molar-refractivity contribution in [3.05, 3.63) is 59.5 Å². The summed E-state index contributed by atoms with van der Waals surface area (Å²) in [6, 6.07) is 9.91. The lowest BCUT2D eigenvalue weighted by atomic mass is 10.1. The molecule has 0 saturated carbocycles. The van der Waals surface area contributed by atoms with Crippen molar-refractivity contribution < 1.29 is 4.79 Å². The van der Waals surface area contributed by atoms with E-state index in [1.165, 1.54) is 11.1 Å². The Morgan fingerprint density at radius 1 is 1.04 bits per heavy atom. The van der Waals surface area contributed by atoms with Crippen LogP contribution in [0.25, 0.3) is 16.9 Å². The monoisotopic (exact) mass is 379 g/mol. The van der Waals surface area contributed by atoms with Crippen molar-refractivity contribution in [3.8, 4) is 16.9 Å². The molecule has 2 aromatic heterocycles. The van der Waals surface area contributed by atoms with E-state index >= 15 is 0 Å². The van der Waals surface area contributed by atoms with Crippen LogP contribution in [-0.4, -0.2) is 55.4 Å². The minimum Gasteiger partial charge on any atom is -0.336 e. The number of amides is 1. The third kappa shape index (κ3) is 3.47. The van der Waals surface area contributed by atoms with Crippen LogP contribution in [0.1, 0.15) is 21.6 Å². The van der Waals surface area contributed by atoms with Gasteiger partial charge in [0, 0.05) is 42.6 Å². The molecule has 0 bridgehead atoms. The Morgan fingerprint density at radius 3 is 2.48 bits per heavy atom. The van der Waals surface area contributed by atoms with Crippen molar-refractivity contribution in [2.75, 3.05) is 24.6 Å². The first-order chi connectivity index (χ1) is 13.1. The van der Waals surface area contributed by atoms with Gasteiger partial charge in [0.25, 0.3) is 5.91 Å². The van der Waals surface area contributed by atoms with Gasteiger partial charge in [0.15, 0.2) is 5.69 Å². The topological polar surface area (TPSA) is 63.9 Å². The number of hydrogen-bond donors (Lipinski definition) is 0. The summed E-state index contributed by atoms with van der Waals surface area (Å²) < 4.78 is 1.76. The highest BCUT2D eigenvalue weighted by molar-refractivity contribution is 7.99. The fourth-order valence-corrected chi connectivity index (χ4v) is 4.05. The number of aromatic nitrogens is 4. The molecule has 0 radical (unpaired) electrons. The Bertz CT molecular complexity index is 964. The van der Waals surface area contributed by atoms with E-state index in [4.69, 9.17) is 0 Å². The molecule has 0 N–H and O–H groups in total. The number of aryl methyl sites for hydroxylation is 2. The van der Waals surface area contributed by atoms with Crippen molar-refractivity contribution in [2.45, 2.75) is 13.8 Å². The van der Waals surface area contributed by atoms with E-state index in [2.05, 4.69) is 41.3 Å². The zero-order chi connectivity index (χ0) is 18.8. The van der Waals surface area contributed by atoms with Gasteiger partial charge in [-0.2, -0.15) is 11.8 Å². The van der Waals surface area contributed by atoms with Crippen molar-refractivity contribution in [3.63, 3.8) is 0 Å². The summed E-state index contributed by atoms with van der Waals surface area (Å²) in [5, 5.41) is 8.63. The first-order valence-electron chi connectivity index (χ1n) is 8.96. The van der Waals surface area contributed by atoms with Gasteiger partial charge in [0.05, 0.1) is 5.69 Å². The Morgan fingerprint density at radius 2 is 1.78 bits per heavy atom. The van der Waals surface area contributed by atoms with Crippen LogP contribution in [0.15, 0.2) is 42.7 Å². The number of nitrogens with zero attached hydrogens (tertiary/aromatic N) is 5. The molecule has 7 heteroatoms. The molecule has 6 nitrogen and oxygen atoms in total. The van der Waals surface area contributed by atoms with E-state index in [1.807, 2.05) is 34.9 Å². The summed E-state index contributed by atoms with van der Waals surface area (Å²) in [4.78, 5) is 19.1. The highest BCUT2D eigenvalue weighted by Gasteiger charge is 2.27. The summed E-state index contributed by atoms with van der Waals surface area (Å²) in [5.74, 6) is 1.86. The molecule has 27 heavy (non-hydrogen) atoms. The van der Waals surface area contributed by atoms with Gasteiger partial charge in [0.1, 0.15) is 5.69 Å². The largest absolute Gasteiger partial charge is 0.336 e. The molecule has 1 aliphatic rings. The molecular weight excluding hydrogens is 358 g/mol. The third-order valence-electron chi connectivity index (χ3n) is 4.86. The average Bonchev–Trinajstić information content (AvgIpc) is 3.16. The number of carbonyl (C=O) groups excluding carboxylic acids is 1. The van der Waals surface area contributed by atoms with E-state index in [9.17, 15) is 4.79 Å². The van der Waals surface area contributed by atoms with Crippen LogP contribution in [-0.2, 0) is 0 Å². The maximum absolute atomic E-state index is 13.1. The fraction of sp³-hybridized carbons (Fsp3) is 0.300. The first kappa shape index (κ1) is 17.7. The number of thioether (sulfide) groups is 1. The quantitative estimate of drug-likeness (QED) is 0.700. The Hall–Kier alpha value is -2.67. The minimum atomic E-state index is -0.0582. The zero-order valence-electron chi connectivity index (χ0n) is 15.4. The number of pyridine rings is 1. The molecule has 0 aliphatic carbocycles. The summed E-state index contributed by atoms with van der Waals surface area (Å²) >= 11 is 1.87. The van der Waals surface area contributed by atoms with E-state index < -0.39 is 0 Å². The second-order valence-electron chi connectivity index (χ2n) is 6.61. The molecule has 0 atom stereocenters. The van der Waals surface area contributed by atoms with E-state index in [1.54, 1.807) is 17.1 Å². The second kappa shape index (κ2) is 7.52. The molecule has 1 aliphatic heterocycles. The lowest BCUT2D eigenvalue weighted by Crippen LogP contribution is -2.38. The lowest BCUT2D eigenvalue weighted by molar-refractivity contribution is 0.0767. The van der Waals surface area contributed by atoms with Gasteiger partial charge in [-0.3, -0.25) is 9.78 Å². The van der Waals surface area contributed by atoms with Gasteiger partial charge >= 0.3 is 0 Å². The number of benzene rings is 1. The van der Waals surface area contributed by atoms with Crippen LogP contribution in [0.3, 0.4) is 0 Å². The van der Waals surface area contributed by atoms with Crippen molar-refractivity contribution in [2.24, 2.45) is 0 Å². The third-order valence-corrected chi connectivity index (χ3v) is 5.80. The Balaban J connectivity index is 1.84. The highest BCUT2D eigenvalue weighted by Crippen LogP contribution is 2.27. The Kier molecular flexibility index (Phi) is 4.94. The Labute approximate surface area is 162 Å². The van der Waals surface area contributed by atoms with Gasteiger partial charge in [-0.1, -0.05) is 11.3 Å². The molecule has 3 heterocycles. The van der Waals surface area contributed by atoms with Gasteiger partial charge in [-0.25, -0.2) is 4.68 Å². The van der Waals surface area contributed by atoms with Crippen LogP contribution < -0.4 is 0 Å². The molecule has 138 valence electrons. The molecular formula is C20H21N5OS. The van der Waals surface area contributed by atoms with Crippen molar-refractivity contribution in [1.82, 2.24) is 24.9 Å². The molecule has 0 spiro atoms. The first-order valence-corrected chi connectivity index (χ1v) is 10.1. The fourth-order valence-electron chi connectivity index (χ4n) is 3.15. The summed E-state index contributed by atoms with van der Waals surface area (Å²) in [7, 11) is 0. The molecule has 1 saturated heterocycles. The van der Waals surface area contributed by atoms with Crippen LogP contribution in [0.5, 0.6) is 0 Å². The predicted octanol–water partition coefficient (Wildman–Crippen LogP) is 3.14. The van der Waals surface area contributed by atoms with Crippen molar-refractivity contribution in [1.29, 1.82) is 0 Å². The van der Waals surface area contributed by atoms with E-state index in [-0.39, 0.29) is 5.91 Å². The summed E-state index contributed by atoms with van der Waals surface area (Å²) in [6.45, 7) is 5.64. The molecule has 4 rings (SSSR count). The summed E-state index contributed by atoms with van der Waals surface area (Å²) in [5.41, 5.74) is 5.26. The van der Waals surface area contributed by atoms with Gasteiger partial charge in [-0.15, -0.1) is 5.10 Å².